The lowest BCUT2D eigenvalue weighted by molar-refractivity contribution is 0.589. The number of fused-ring (bicyclic) bond motifs is 8. The Morgan fingerprint density at radius 2 is 1.13 bits per heavy atom. The first-order valence-electron chi connectivity index (χ1n) is 17.6. The van der Waals surface area contributed by atoms with Gasteiger partial charge >= 0.3 is 0 Å². The van der Waals surface area contributed by atoms with Crippen molar-refractivity contribution in [3.63, 3.8) is 0 Å². The highest BCUT2D eigenvalue weighted by molar-refractivity contribution is 6.15. The first kappa shape index (κ1) is 28.9. The summed E-state index contributed by atoms with van der Waals surface area (Å²) in [6.07, 6.45) is 4.97. The molecule has 3 aromatic heterocycles. The quantitative estimate of drug-likeness (QED) is 0.187. The van der Waals surface area contributed by atoms with Crippen LogP contribution in [-0.4, -0.2) is 15.0 Å². The number of para-hydroxylation sites is 2. The maximum atomic E-state index is 6.46. The molecule has 0 amide bonds. The summed E-state index contributed by atoms with van der Waals surface area (Å²) in [5.74, 6) is 2.78. The molecule has 11 rings (SSSR count). The maximum Gasteiger partial charge on any atom is 0.165 e. The summed E-state index contributed by atoms with van der Waals surface area (Å²) < 4.78 is 12.7. The molecule has 5 heteroatoms. The minimum atomic E-state index is -0.0844. The van der Waals surface area contributed by atoms with E-state index in [-0.39, 0.29) is 5.92 Å². The summed E-state index contributed by atoms with van der Waals surface area (Å²) in [4.78, 5) is 16.0. The number of benzene rings is 7. The number of rotatable bonds is 4. The van der Waals surface area contributed by atoms with E-state index in [2.05, 4.69) is 133 Å². The van der Waals surface area contributed by atoms with E-state index in [0.717, 1.165) is 78.6 Å². The van der Waals surface area contributed by atoms with E-state index >= 15 is 0 Å². The highest BCUT2D eigenvalue weighted by Crippen LogP contribution is 2.43. The summed E-state index contributed by atoms with van der Waals surface area (Å²) in [5.41, 5.74) is 7.68. The van der Waals surface area contributed by atoms with E-state index in [1.807, 2.05) is 24.3 Å². The Labute approximate surface area is 298 Å². The molecule has 0 spiro atoms. The van der Waals surface area contributed by atoms with Crippen LogP contribution in [0.1, 0.15) is 23.1 Å². The molecule has 5 nitrogen and oxygen atoms in total. The first-order chi connectivity index (χ1) is 25.7. The minimum absolute atomic E-state index is 0.0844. The Balaban J connectivity index is 1.18. The predicted molar refractivity (Wildman–Crippen MR) is 210 cm³/mol. The fourth-order valence-corrected chi connectivity index (χ4v) is 7.91. The van der Waals surface area contributed by atoms with Gasteiger partial charge in [-0.3, -0.25) is 0 Å². The van der Waals surface area contributed by atoms with Crippen molar-refractivity contribution in [2.75, 3.05) is 0 Å². The SMILES string of the molecule is C1=CC(c2nc(-c3ccc4ccccc4c3)nc(-c3c(-c4ccc5ccccc5c4)ccc4oc5ccccc5c34)n2)Cc2c1oc1ccccc21. The van der Waals surface area contributed by atoms with Crippen LogP contribution in [0.15, 0.2) is 161 Å². The van der Waals surface area contributed by atoms with Gasteiger partial charge in [0.1, 0.15) is 28.3 Å². The van der Waals surface area contributed by atoms with Gasteiger partial charge in [-0.05, 0) is 81.6 Å². The second-order valence-electron chi connectivity index (χ2n) is 13.5. The molecule has 1 unspecified atom stereocenters. The van der Waals surface area contributed by atoms with Gasteiger partial charge in [-0.25, -0.2) is 15.0 Å². The molecule has 0 fully saturated rings. The van der Waals surface area contributed by atoms with Crippen molar-refractivity contribution in [3.05, 3.63) is 169 Å². The molecule has 1 atom stereocenters. The van der Waals surface area contributed by atoms with Crippen LogP contribution >= 0.6 is 0 Å². The van der Waals surface area contributed by atoms with Crippen molar-refractivity contribution in [2.45, 2.75) is 12.3 Å². The molecule has 0 saturated heterocycles. The van der Waals surface area contributed by atoms with Crippen molar-refractivity contribution >= 4 is 60.5 Å². The lowest BCUT2D eigenvalue weighted by atomic mass is 9.91. The van der Waals surface area contributed by atoms with Crippen molar-refractivity contribution in [1.29, 1.82) is 0 Å². The van der Waals surface area contributed by atoms with Gasteiger partial charge < -0.3 is 8.83 Å². The van der Waals surface area contributed by atoms with Crippen molar-refractivity contribution in [3.8, 4) is 33.9 Å². The lowest BCUT2D eigenvalue weighted by Crippen LogP contribution is -2.11. The average molecular weight is 668 g/mol. The Morgan fingerprint density at radius 3 is 1.92 bits per heavy atom. The zero-order valence-electron chi connectivity index (χ0n) is 28.0. The van der Waals surface area contributed by atoms with Gasteiger partial charge in [0.05, 0.1) is 0 Å². The number of furan rings is 2. The van der Waals surface area contributed by atoms with Crippen LogP contribution in [0.5, 0.6) is 0 Å². The van der Waals surface area contributed by atoms with E-state index in [1.54, 1.807) is 0 Å². The largest absolute Gasteiger partial charge is 0.456 e. The molecule has 0 aliphatic heterocycles. The smallest absolute Gasteiger partial charge is 0.165 e. The number of hydrogen-bond donors (Lipinski definition) is 0. The third kappa shape index (κ3) is 4.60. The molecule has 0 saturated carbocycles. The summed E-state index contributed by atoms with van der Waals surface area (Å²) in [5, 5.41) is 7.82. The fraction of sp³-hybridized carbons (Fsp3) is 0.0426. The fourth-order valence-electron chi connectivity index (χ4n) is 7.91. The second-order valence-corrected chi connectivity index (χ2v) is 13.5. The monoisotopic (exact) mass is 667 g/mol. The van der Waals surface area contributed by atoms with Gasteiger partial charge in [0, 0.05) is 38.8 Å². The molecule has 52 heavy (non-hydrogen) atoms. The summed E-state index contributed by atoms with van der Waals surface area (Å²) in [6, 6.07) is 50.6. The van der Waals surface area contributed by atoms with Crippen LogP contribution in [0.3, 0.4) is 0 Å². The molecular formula is C47H29N3O2. The Kier molecular flexibility index (Phi) is 6.31. The molecule has 0 N–H and O–H groups in total. The van der Waals surface area contributed by atoms with Crippen molar-refractivity contribution in [1.82, 2.24) is 15.0 Å². The van der Waals surface area contributed by atoms with E-state index in [9.17, 15) is 0 Å². The molecular weight excluding hydrogens is 639 g/mol. The highest BCUT2D eigenvalue weighted by Gasteiger charge is 2.27. The lowest BCUT2D eigenvalue weighted by Gasteiger charge is -2.18. The van der Waals surface area contributed by atoms with E-state index in [1.165, 1.54) is 21.7 Å². The summed E-state index contributed by atoms with van der Waals surface area (Å²) >= 11 is 0. The van der Waals surface area contributed by atoms with Gasteiger partial charge in [-0.15, -0.1) is 0 Å². The number of hydrogen-bond acceptors (Lipinski definition) is 5. The third-order valence-electron chi connectivity index (χ3n) is 10.5. The molecule has 244 valence electrons. The standard InChI is InChI=1S/C47H29N3O2/c1-3-11-30-25-32(19-17-28(30)9-1)35-22-24-42-43(37-14-6-8-16-40(37)52-42)44(35)47-49-45(33-20-18-29-10-2-4-12-31(29)26-33)48-46(50-47)34-21-23-41-38(27-34)36-13-5-7-15-39(36)51-41/h1-26,34H,27H2. The van der Waals surface area contributed by atoms with Gasteiger partial charge in [-0.2, -0.15) is 0 Å². The predicted octanol–water partition coefficient (Wildman–Crippen LogP) is 12.2. The summed E-state index contributed by atoms with van der Waals surface area (Å²) in [6.45, 7) is 0. The van der Waals surface area contributed by atoms with Crippen LogP contribution in [0, 0.1) is 0 Å². The zero-order chi connectivity index (χ0) is 34.2. The van der Waals surface area contributed by atoms with Crippen molar-refractivity contribution in [2.24, 2.45) is 0 Å². The topological polar surface area (TPSA) is 65.0 Å². The third-order valence-corrected chi connectivity index (χ3v) is 10.5. The number of aromatic nitrogens is 3. The van der Waals surface area contributed by atoms with Gasteiger partial charge in [0.25, 0.3) is 0 Å². The Morgan fingerprint density at radius 1 is 0.500 bits per heavy atom. The average Bonchev–Trinajstić information content (AvgIpc) is 3.78. The summed E-state index contributed by atoms with van der Waals surface area (Å²) in [7, 11) is 0. The molecule has 1 aliphatic carbocycles. The second kappa shape index (κ2) is 11.3. The first-order valence-corrected chi connectivity index (χ1v) is 17.6. The number of nitrogens with zero attached hydrogens (tertiary/aromatic N) is 3. The minimum Gasteiger partial charge on any atom is -0.456 e. The molecule has 7 aromatic carbocycles. The molecule has 10 aromatic rings. The highest BCUT2D eigenvalue weighted by atomic mass is 16.3. The Bertz CT molecular complexity index is 3080. The van der Waals surface area contributed by atoms with Crippen LogP contribution in [0.4, 0.5) is 0 Å². The molecule has 0 radical (unpaired) electrons. The molecule has 0 bridgehead atoms. The van der Waals surface area contributed by atoms with Crippen LogP contribution < -0.4 is 0 Å². The number of allylic oxidation sites excluding steroid dienone is 1. The van der Waals surface area contributed by atoms with Gasteiger partial charge in [-0.1, -0.05) is 115 Å². The molecule has 1 aliphatic rings. The zero-order valence-corrected chi connectivity index (χ0v) is 28.0. The van der Waals surface area contributed by atoms with Crippen molar-refractivity contribution < 1.29 is 8.83 Å². The van der Waals surface area contributed by atoms with E-state index in [0.29, 0.717) is 11.6 Å². The van der Waals surface area contributed by atoms with Crippen LogP contribution in [-0.2, 0) is 6.42 Å². The van der Waals surface area contributed by atoms with Gasteiger partial charge in [0.2, 0.25) is 0 Å². The van der Waals surface area contributed by atoms with E-state index < -0.39 is 0 Å². The van der Waals surface area contributed by atoms with Crippen LogP contribution in [0.2, 0.25) is 0 Å². The molecule has 3 heterocycles. The normalized spacial score (nSPS) is 14.2. The van der Waals surface area contributed by atoms with Crippen LogP contribution in [0.25, 0.3) is 94.4 Å². The Hall–Kier alpha value is -6.85. The van der Waals surface area contributed by atoms with Gasteiger partial charge in [0.15, 0.2) is 11.6 Å². The van der Waals surface area contributed by atoms with E-state index in [4.69, 9.17) is 23.8 Å². The maximum absolute atomic E-state index is 6.46.